The van der Waals surface area contributed by atoms with Crippen molar-refractivity contribution >= 4 is 16.8 Å². The zero-order valence-corrected chi connectivity index (χ0v) is 14.1. The lowest BCUT2D eigenvalue weighted by atomic mass is 10.00. The molecule has 0 saturated heterocycles. The number of carbonyl (C=O) groups is 1. The molecule has 1 aliphatic rings. The quantitative estimate of drug-likeness (QED) is 0.737. The van der Waals surface area contributed by atoms with Crippen LogP contribution < -0.4 is 10.1 Å². The summed E-state index contributed by atoms with van der Waals surface area (Å²) in [5.41, 5.74) is 3.51. The lowest BCUT2D eigenvalue weighted by molar-refractivity contribution is -0.122. The number of aromatic nitrogens is 1. The van der Waals surface area contributed by atoms with Crippen molar-refractivity contribution in [2.45, 2.75) is 31.7 Å². The maximum Gasteiger partial charge on any atom is 0.220 e. The van der Waals surface area contributed by atoms with E-state index in [0.717, 1.165) is 36.1 Å². The molecule has 2 heterocycles. The monoisotopic (exact) mass is 334 g/mol. The van der Waals surface area contributed by atoms with Crippen molar-refractivity contribution in [3.05, 3.63) is 65.9 Å². The van der Waals surface area contributed by atoms with Gasteiger partial charge in [0.25, 0.3) is 0 Å². The Bertz CT molecular complexity index is 884. The first-order valence-corrected chi connectivity index (χ1v) is 8.87. The van der Waals surface area contributed by atoms with Crippen molar-refractivity contribution in [2.24, 2.45) is 0 Å². The fourth-order valence-electron chi connectivity index (χ4n) is 3.54. The van der Waals surface area contributed by atoms with Gasteiger partial charge in [-0.2, -0.15) is 0 Å². The Labute approximate surface area is 147 Å². The largest absolute Gasteiger partial charge is 0.493 e. The second-order valence-corrected chi connectivity index (χ2v) is 6.51. The molecule has 2 N–H and O–H groups in total. The molecule has 1 aromatic heterocycles. The van der Waals surface area contributed by atoms with Gasteiger partial charge in [0.2, 0.25) is 5.91 Å². The summed E-state index contributed by atoms with van der Waals surface area (Å²) in [5, 5.41) is 4.42. The van der Waals surface area contributed by atoms with Crippen LogP contribution >= 0.6 is 0 Å². The lowest BCUT2D eigenvalue weighted by Crippen LogP contribution is -2.32. The molecule has 0 spiro atoms. The van der Waals surface area contributed by atoms with Gasteiger partial charge in [-0.15, -0.1) is 0 Å². The summed E-state index contributed by atoms with van der Waals surface area (Å²) in [6.07, 6.45) is 5.17. The summed E-state index contributed by atoms with van der Waals surface area (Å²) >= 11 is 0. The van der Waals surface area contributed by atoms with E-state index < -0.39 is 0 Å². The minimum absolute atomic E-state index is 0.0607. The number of hydrogen-bond donors (Lipinski definition) is 2. The van der Waals surface area contributed by atoms with Gasteiger partial charge < -0.3 is 15.0 Å². The van der Waals surface area contributed by atoms with Crippen molar-refractivity contribution in [1.82, 2.24) is 10.3 Å². The first-order chi connectivity index (χ1) is 12.3. The van der Waals surface area contributed by atoms with Crippen molar-refractivity contribution in [3.8, 4) is 5.75 Å². The molecule has 0 saturated carbocycles. The van der Waals surface area contributed by atoms with Gasteiger partial charge in [0, 0.05) is 35.5 Å². The molecule has 0 bridgehead atoms. The SMILES string of the molecule is O=C(CCCc1c[nH]c2ccccc12)NC1CCOc2ccccc21. The minimum Gasteiger partial charge on any atom is -0.493 e. The molecular weight excluding hydrogens is 312 g/mol. The number of amides is 1. The van der Waals surface area contributed by atoms with Crippen LogP contribution in [0.15, 0.2) is 54.7 Å². The highest BCUT2D eigenvalue weighted by molar-refractivity contribution is 5.83. The summed E-state index contributed by atoms with van der Waals surface area (Å²) in [7, 11) is 0. The fourth-order valence-corrected chi connectivity index (χ4v) is 3.54. The predicted octanol–water partition coefficient (Wildman–Crippen LogP) is 4.13. The number of ether oxygens (including phenoxy) is 1. The van der Waals surface area contributed by atoms with Crippen molar-refractivity contribution in [3.63, 3.8) is 0 Å². The molecule has 0 radical (unpaired) electrons. The zero-order chi connectivity index (χ0) is 17.1. The molecule has 1 amide bonds. The standard InChI is InChI=1S/C21H22N2O2/c24-21(23-19-12-13-25-20-10-4-2-8-17(19)20)11-5-6-15-14-22-18-9-3-1-7-16(15)18/h1-4,7-10,14,19,22H,5-6,11-13H2,(H,23,24). The van der Waals surface area contributed by atoms with E-state index in [4.69, 9.17) is 4.74 Å². The summed E-state index contributed by atoms with van der Waals surface area (Å²) in [6.45, 7) is 0.650. The number of para-hydroxylation sites is 2. The van der Waals surface area contributed by atoms with Crippen LogP contribution in [0.5, 0.6) is 5.75 Å². The Morgan fingerprint density at radius 3 is 2.96 bits per heavy atom. The molecule has 0 aliphatic carbocycles. The van der Waals surface area contributed by atoms with E-state index in [9.17, 15) is 4.79 Å². The van der Waals surface area contributed by atoms with Crippen molar-refractivity contribution in [2.75, 3.05) is 6.61 Å². The van der Waals surface area contributed by atoms with E-state index in [1.807, 2.05) is 30.3 Å². The molecule has 0 fully saturated rings. The van der Waals surface area contributed by atoms with Gasteiger partial charge in [-0.3, -0.25) is 4.79 Å². The molecule has 2 aromatic carbocycles. The molecule has 4 rings (SSSR count). The summed E-state index contributed by atoms with van der Waals surface area (Å²) in [4.78, 5) is 15.6. The third-order valence-electron chi connectivity index (χ3n) is 4.82. The highest BCUT2D eigenvalue weighted by atomic mass is 16.5. The smallest absolute Gasteiger partial charge is 0.220 e. The van der Waals surface area contributed by atoms with Crippen molar-refractivity contribution in [1.29, 1.82) is 0 Å². The molecule has 3 aromatic rings. The number of H-pyrrole nitrogens is 1. The van der Waals surface area contributed by atoms with E-state index in [-0.39, 0.29) is 11.9 Å². The van der Waals surface area contributed by atoms with Crippen LogP contribution in [0.4, 0.5) is 0 Å². The van der Waals surface area contributed by atoms with Crippen LogP contribution in [0.1, 0.15) is 36.4 Å². The van der Waals surface area contributed by atoms with E-state index in [2.05, 4.69) is 34.7 Å². The van der Waals surface area contributed by atoms with Crippen LogP contribution in [0, 0.1) is 0 Å². The Morgan fingerprint density at radius 1 is 1.16 bits per heavy atom. The maximum absolute atomic E-state index is 12.4. The molecule has 4 heteroatoms. The topological polar surface area (TPSA) is 54.1 Å². The number of rotatable bonds is 5. The second kappa shape index (κ2) is 7.01. The van der Waals surface area contributed by atoms with Crippen LogP contribution in [0.25, 0.3) is 10.9 Å². The Hall–Kier alpha value is -2.75. The van der Waals surface area contributed by atoms with Gasteiger partial charge in [-0.1, -0.05) is 36.4 Å². The number of nitrogens with one attached hydrogen (secondary N) is 2. The predicted molar refractivity (Wildman–Crippen MR) is 98.7 cm³/mol. The highest BCUT2D eigenvalue weighted by Crippen LogP contribution is 2.31. The third-order valence-corrected chi connectivity index (χ3v) is 4.82. The molecule has 128 valence electrons. The average Bonchev–Trinajstić information content (AvgIpc) is 3.05. The van der Waals surface area contributed by atoms with E-state index in [1.54, 1.807) is 0 Å². The van der Waals surface area contributed by atoms with Crippen molar-refractivity contribution < 1.29 is 9.53 Å². The fraction of sp³-hybridized carbons (Fsp3) is 0.286. The number of carbonyl (C=O) groups excluding carboxylic acids is 1. The zero-order valence-electron chi connectivity index (χ0n) is 14.1. The van der Waals surface area contributed by atoms with Crippen LogP contribution in [-0.4, -0.2) is 17.5 Å². The van der Waals surface area contributed by atoms with Gasteiger partial charge >= 0.3 is 0 Å². The van der Waals surface area contributed by atoms with Gasteiger partial charge in [-0.05, 0) is 30.5 Å². The Balaban J connectivity index is 1.33. The van der Waals surface area contributed by atoms with Gasteiger partial charge in [0.05, 0.1) is 12.6 Å². The van der Waals surface area contributed by atoms with Gasteiger partial charge in [0.1, 0.15) is 5.75 Å². The number of aryl methyl sites for hydroxylation is 1. The molecular formula is C21H22N2O2. The van der Waals surface area contributed by atoms with Crippen LogP contribution in [0.2, 0.25) is 0 Å². The highest BCUT2D eigenvalue weighted by Gasteiger charge is 2.22. The maximum atomic E-state index is 12.4. The minimum atomic E-state index is 0.0607. The average molecular weight is 334 g/mol. The van der Waals surface area contributed by atoms with Crippen LogP contribution in [-0.2, 0) is 11.2 Å². The molecule has 1 atom stereocenters. The molecule has 1 unspecified atom stereocenters. The van der Waals surface area contributed by atoms with Crippen LogP contribution in [0.3, 0.4) is 0 Å². The molecule has 1 aliphatic heterocycles. The summed E-state index contributed by atoms with van der Waals surface area (Å²) < 4.78 is 5.65. The number of aromatic amines is 1. The summed E-state index contributed by atoms with van der Waals surface area (Å²) in [5.74, 6) is 0.999. The molecule has 25 heavy (non-hydrogen) atoms. The Morgan fingerprint density at radius 2 is 2.00 bits per heavy atom. The number of fused-ring (bicyclic) bond motifs is 2. The van der Waals surface area contributed by atoms with Gasteiger partial charge in [0.15, 0.2) is 0 Å². The van der Waals surface area contributed by atoms with E-state index in [1.165, 1.54) is 10.9 Å². The number of hydrogen-bond acceptors (Lipinski definition) is 2. The first-order valence-electron chi connectivity index (χ1n) is 8.87. The molecule has 4 nitrogen and oxygen atoms in total. The van der Waals surface area contributed by atoms with Gasteiger partial charge in [-0.25, -0.2) is 0 Å². The first kappa shape index (κ1) is 15.8. The summed E-state index contributed by atoms with van der Waals surface area (Å²) in [6, 6.07) is 16.3. The third kappa shape index (κ3) is 3.38. The number of benzene rings is 2. The normalized spacial score (nSPS) is 16.2. The Kier molecular flexibility index (Phi) is 4.42. The van der Waals surface area contributed by atoms with E-state index >= 15 is 0 Å². The lowest BCUT2D eigenvalue weighted by Gasteiger charge is -2.26. The van der Waals surface area contributed by atoms with E-state index in [0.29, 0.717) is 13.0 Å². The second-order valence-electron chi connectivity index (χ2n) is 6.51.